The molecule has 10 nitrogen and oxygen atoms in total. The van der Waals surface area contributed by atoms with Crippen molar-refractivity contribution in [1.29, 1.82) is 0 Å². The molecule has 0 spiro atoms. The Morgan fingerprint density at radius 3 is 2.43 bits per heavy atom. The van der Waals surface area contributed by atoms with Crippen LogP contribution in [0, 0.1) is 0 Å². The van der Waals surface area contributed by atoms with E-state index in [2.05, 4.69) is 20.3 Å². The summed E-state index contributed by atoms with van der Waals surface area (Å²) < 4.78 is 27.0. The van der Waals surface area contributed by atoms with Crippen molar-refractivity contribution >= 4 is 28.9 Å². The smallest absolute Gasteiger partial charge is 0.338 e. The Kier molecular flexibility index (Phi) is 6.17. The maximum absolute atomic E-state index is 14.8. The lowest BCUT2D eigenvalue weighted by Gasteiger charge is -2.16. The molecule has 1 saturated heterocycles. The van der Waals surface area contributed by atoms with Gasteiger partial charge in [0.25, 0.3) is 5.91 Å². The van der Waals surface area contributed by atoms with Gasteiger partial charge in [-0.15, -0.1) is 0 Å². The number of rotatable bonds is 6. The molecule has 0 unspecified atom stereocenters. The van der Waals surface area contributed by atoms with Crippen LogP contribution in [-0.4, -0.2) is 61.5 Å². The van der Waals surface area contributed by atoms with Gasteiger partial charge in [0, 0.05) is 5.56 Å². The maximum atomic E-state index is 14.8. The van der Waals surface area contributed by atoms with Gasteiger partial charge in [-0.05, 0) is 24.3 Å². The highest BCUT2D eigenvalue weighted by molar-refractivity contribution is 6.06. The summed E-state index contributed by atoms with van der Waals surface area (Å²) in [6.45, 7) is -0.386. The molecule has 2 aromatic carbocycles. The Morgan fingerprint density at radius 1 is 1.03 bits per heavy atom. The van der Waals surface area contributed by atoms with Gasteiger partial charge in [-0.1, -0.05) is 36.4 Å². The van der Waals surface area contributed by atoms with E-state index in [-0.39, 0.29) is 29.5 Å². The summed E-state index contributed by atoms with van der Waals surface area (Å²) in [5.74, 6) is -0.861. The summed E-state index contributed by atoms with van der Waals surface area (Å²) in [7, 11) is 0. The van der Waals surface area contributed by atoms with E-state index < -0.39 is 30.6 Å². The highest BCUT2D eigenvalue weighted by atomic mass is 19.1. The molecule has 3 heterocycles. The molecule has 1 fully saturated rings. The zero-order valence-corrected chi connectivity index (χ0v) is 18.2. The number of fused-ring (bicyclic) bond motifs is 1. The van der Waals surface area contributed by atoms with Crippen LogP contribution >= 0.6 is 0 Å². The van der Waals surface area contributed by atoms with Crippen LogP contribution in [0.15, 0.2) is 73.3 Å². The summed E-state index contributed by atoms with van der Waals surface area (Å²) >= 11 is 0. The molecule has 4 aromatic rings. The lowest BCUT2D eigenvalue weighted by atomic mass is 10.1. The number of hydrogen-bond acceptors (Lipinski definition) is 8. The molecule has 4 atom stereocenters. The second-order valence-electron chi connectivity index (χ2n) is 7.83. The number of alkyl halides is 1. The van der Waals surface area contributed by atoms with Crippen LogP contribution in [0.5, 0.6) is 0 Å². The monoisotopic (exact) mass is 477 g/mol. The first-order valence-electron chi connectivity index (χ1n) is 10.8. The number of amides is 1. The standard InChI is InChI=1S/C24H20FN5O5/c25-17-16(11-34-24(33)15-9-5-2-6-10-15)35-23(19(17)31)30-13-28-18-20(26-12-27-21(18)30)29-22(32)14-7-3-1-4-8-14/h1-10,12-13,16-17,19,23,31H,11H2,(H,26,27,29,32)/t16-,17+,19-,23-/m1/s1. The predicted molar refractivity (Wildman–Crippen MR) is 121 cm³/mol. The summed E-state index contributed by atoms with van der Waals surface area (Å²) in [4.78, 5) is 37.2. The number of imidazole rings is 1. The number of esters is 1. The fraction of sp³-hybridized carbons (Fsp3) is 0.208. The fourth-order valence-corrected chi connectivity index (χ4v) is 3.79. The van der Waals surface area contributed by atoms with E-state index in [4.69, 9.17) is 9.47 Å². The molecule has 1 aliphatic heterocycles. The van der Waals surface area contributed by atoms with Gasteiger partial charge in [-0.2, -0.15) is 0 Å². The lowest BCUT2D eigenvalue weighted by Crippen LogP contribution is -2.31. The number of halogens is 1. The van der Waals surface area contributed by atoms with Gasteiger partial charge < -0.3 is 19.9 Å². The molecule has 2 aromatic heterocycles. The first-order valence-corrected chi connectivity index (χ1v) is 10.8. The zero-order valence-electron chi connectivity index (χ0n) is 18.2. The van der Waals surface area contributed by atoms with Crippen molar-refractivity contribution in [3.63, 3.8) is 0 Å². The van der Waals surface area contributed by atoms with Crippen molar-refractivity contribution in [2.75, 3.05) is 11.9 Å². The van der Waals surface area contributed by atoms with E-state index in [9.17, 15) is 19.1 Å². The number of aliphatic hydroxyl groups excluding tert-OH is 1. The minimum absolute atomic E-state index is 0.153. The molecular formula is C24H20FN5O5. The third-order valence-corrected chi connectivity index (χ3v) is 5.58. The van der Waals surface area contributed by atoms with Crippen molar-refractivity contribution < 1.29 is 28.6 Å². The molecule has 0 bridgehead atoms. The van der Waals surface area contributed by atoms with Crippen LogP contribution in [0.3, 0.4) is 0 Å². The number of carbonyl (C=O) groups excluding carboxylic acids is 2. The molecular weight excluding hydrogens is 457 g/mol. The average Bonchev–Trinajstić information content (AvgIpc) is 3.45. The van der Waals surface area contributed by atoms with Crippen LogP contribution in [0.4, 0.5) is 10.2 Å². The largest absolute Gasteiger partial charge is 0.459 e. The minimum atomic E-state index is -1.82. The van der Waals surface area contributed by atoms with Crippen molar-refractivity contribution in [2.24, 2.45) is 0 Å². The van der Waals surface area contributed by atoms with E-state index in [0.717, 1.165) is 0 Å². The number of carbonyl (C=O) groups is 2. The second-order valence-corrected chi connectivity index (χ2v) is 7.83. The first-order chi connectivity index (χ1) is 17.0. The van der Waals surface area contributed by atoms with Crippen LogP contribution in [0.1, 0.15) is 26.9 Å². The highest BCUT2D eigenvalue weighted by Gasteiger charge is 2.46. The Morgan fingerprint density at radius 2 is 1.71 bits per heavy atom. The molecule has 11 heteroatoms. The van der Waals surface area contributed by atoms with Crippen molar-refractivity contribution in [3.05, 3.63) is 84.4 Å². The fourth-order valence-electron chi connectivity index (χ4n) is 3.79. The molecule has 1 aliphatic rings. The van der Waals surface area contributed by atoms with E-state index in [1.54, 1.807) is 60.7 Å². The van der Waals surface area contributed by atoms with Gasteiger partial charge in [-0.25, -0.2) is 24.1 Å². The van der Waals surface area contributed by atoms with E-state index in [1.807, 2.05) is 0 Å². The highest BCUT2D eigenvalue weighted by Crippen LogP contribution is 2.34. The summed E-state index contributed by atoms with van der Waals surface area (Å²) in [5, 5.41) is 13.2. The Bertz CT molecular complexity index is 1350. The van der Waals surface area contributed by atoms with Crippen LogP contribution in [0.25, 0.3) is 11.2 Å². The first kappa shape index (κ1) is 22.6. The minimum Gasteiger partial charge on any atom is -0.459 e. The number of anilines is 1. The lowest BCUT2D eigenvalue weighted by molar-refractivity contribution is -0.0544. The zero-order chi connectivity index (χ0) is 24.4. The van der Waals surface area contributed by atoms with Gasteiger partial charge in [0.1, 0.15) is 25.1 Å². The van der Waals surface area contributed by atoms with Crippen LogP contribution in [0.2, 0.25) is 0 Å². The van der Waals surface area contributed by atoms with Gasteiger partial charge in [0.05, 0.1) is 11.9 Å². The van der Waals surface area contributed by atoms with Crippen molar-refractivity contribution in [2.45, 2.75) is 24.6 Å². The van der Waals surface area contributed by atoms with Gasteiger partial charge in [-0.3, -0.25) is 9.36 Å². The van der Waals surface area contributed by atoms with E-state index >= 15 is 0 Å². The number of aromatic nitrogens is 4. The van der Waals surface area contributed by atoms with E-state index in [1.165, 1.54) is 17.2 Å². The van der Waals surface area contributed by atoms with Gasteiger partial charge >= 0.3 is 5.97 Å². The van der Waals surface area contributed by atoms with Crippen LogP contribution in [-0.2, 0) is 9.47 Å². The third-order valence-electron chi connectivity index (χ3n) is 5.58. The number of aliphatic hydroxyl groups is 1. The number of nitrogens with one attached hydrogen (secondary N) is 1. The molecule has 1 amide bonds. The molecule has 5 rings (SSSR count). The maximum Gasteiger partial charge on any atom is 0.338 e. The molecule has 0 radical (unpaired) electrons. The van der Waals surface area contributed by atoms with Crippen molar-refractivity contribution in [1.82, 2.24) is 19.5 Å². The summed E-state index contributed by atoms with van der Waals surface area (Å²) in [5.41, 5.74) is 1.21. The number of hydrogen-bond donors (Lipinski definition) is 2. The number of nitrogens with zero attached hydrogens (tertiary/aromatic N) is 4. The summed E-state index contributed by atoms with van der Waals surface area (Å²) in [6.07, 6.45) is -3.22. The SMILES string of the molecule is O=C(Nc1ncnc2c1ncn2[C@@H]1O[C@H](COC(=O)c2ccccc2)[C@H](F)[C@H]1O)c1ccccc1. The molecule has 178 valence electrons. The van der Waals surface area contributed by atoms with E-state index in [0.29, 0.717) is 11.1 Å². The topological polar surface area (TPSA) is 128 Å². The van der Waals surface area contributed by atoms with Crippen molar-refractivity contribution in [3.8, 4) is 0 Å². The Balaban J connectivity index is 1.32. The molecule has 0 aliphatic carbocycles. The molecule has 35 heavy (non-hydrogen) atoms. The quantitative estimate of drug-likeness (QED) is 0.406. The van der Waals surface area contributed by atoms with Crippen LogP contribution < -0.4 is 5.32 Å². The third kappa shape index (κ3) is 4.46. The van der Waals surface area contributed by atoms with Gasteiger partial charge in [0.2, 0.25) is 0 Å². The molecule has 2 N–H and O–H groups in total. The number of ether oxygens (including phenoxy) is 2. The Labute approximate surface area is 198 Å². The van der Waals surface area contributed by atoms with Gasteiger partial charge in [0.15, 0.2) is 29.4 Å². The Hall–Kier alpha value is -4.22. The second kappa shape index (κ2) is 9.57. The normalized spacial score (nSPS) is 21.7. The molecule has 0 saturated carbocycles. The average molecular weight is 477 g/mol. The summed E-state index contributed by atoms with van der Waals surface area (Å²) in [6, 6.07) is 16.9. The predicted octanol–water partition coefficient (Wildman–Crippen LogP) is 2.53. The number of benzene rings is 2.